The van der Waals surface area contributed by atoms with E-state index in [0.29, 0.717) is 19.0 Å². The maximum atomic E-state index is 12.8. The van der Waals surface area contributed by atoms with Crippen molar-refractivity contribution in [1.82, 2.24) is 15.1 Å². The third-order valence-corrected chi connectivity index (χ3v) is 6.52. The summed E-state index contributed by atoms with van der Waals surface area (Å²) in [4.78, 5) is 29.2. The SMILES string of the molecule is O=C(CN1CCC(c2ccccc2)CC1)N1CC[C@@]2(CCCNC2=O)C1. The van der Waals surface area contributed by atoms with Crippen molar-refractivity contribution in [2.24, 2.45) is 5.41 Å². The van der Waals surface area contributed by atoms with E-state index in [0.717, 1.165) is 58.3 Å². The average Bonchev–Trinajstić information content (AvgIpc) is 3.11. The number of carbonyl (C=O) groups is 2. The summed E-state index contributed by atoms with van der Waals surface area (Å²) in [5, 5.41) is 2.99. The van der Waals surface area contributed by atoms with Crippen LogP contribution < -0.4 is 5.32 Å². The molecule has 5 nitrogen and oxygen atoms in total. The molecule has 3 aliphatic rings. The molecule has 1 spiro atoms. The fourth-order valence-electron chi connectivity index (χ4n) is 4.85. The predicted molar refractivity (Wildman–Crippen MR) is 101 cm³/mol. The van der Waals surface area contributed by atoms with Gasteiger partial charge >= 0.3 is 0 Å². The monoisotopic (exact) mass is 355 g/mol. The van der Waals surface area contributed by atoms with E-state index in [2.05, 4.69) is 40.5 Å². The number of piperidine rings is 2. The zero-order valence-electron chi connectivity index (χ0n) is 15.5. The number of likely N-dealkylation sites (tertiary alicyclic amines) is 2. The molecular formula is C21H29N3O2. The van der Waals surface area contributed by atoms with Crippen LogP contribution in [0.1, 0.15) is 43.6 Å². The molecule has 3 saturated heterocycles. The van der Waals surface area contributed by atoms with Crippen molar-refractivity contribution < 1.29 is 9.59 Å². The predicted octanol–water partition coefficient (Wildman–Crippen LogP) is 1.99. The molecule has 1 atom stereocenters. The van der Waals surface area contributed by atoms with Gasteiger partial charge in [-0.3, -0.25) is 14.5 Å². The molecule has 0 unspecified atom stereocenters. The number of hydrogen-bond donors (Lipinski definition) is 1. The minimum atomic E-state index is -0.311. The smallest absolute Gasteiger partial charge is 0.236 e. The molecule has 26 heavy (non-hydrogen) atoms. The van der Waals surface area contributed by atoms with Crippen LogP contribution in [0.3, 0.4) is 0 Å². The zero-order valence-corrected chi connectivity index (χ0v) is 15.5. The number of amides is 2. The normalized spacial score (nSPS) is 27.7. The van der Waals surface area contributed by atoms with Gasteiger partial charge < -0.3 is 10.2 Å². The highest BCUT2D eigenvalue weighted by atomic mass is 16.2. The van der Waals surface area contributed by atoms with Crippen LogP contribution in [0.25, 0.3) is 0 Å². The van der Waals surface area contributed by atoms with Crippen LogP contribution in [0.2, 0.25) is 0 Å². The van der Waals surface area contributed by atoms with Crippen molar-refractivity contribution in [2.45, 2.75) is 38.0 Å². The summed E-state index contributed by atoms with van der Waals surface area (Å²) in [6.45, 7) is 4.57. The van der Waals surface area contributed by atoms with Crippen LogP contribution in [0.5, 0.6) is 0 Å². The maximum absolute atomic E-state index is 12.8. The fourth-order valence-corrected chi connectivity index (χ4v) is 4.85. The van der Waals surface area contributed by atoms with Gasteiger partial charge in [0.25, 0.3) is 0 Å². The topological polar surface area (TPSA) is 52.7 Å². The molecule has 3 fully saturated rings. The van der Waals surface area contributed by atoms with E-state index in [1.165, 1.54) is 5.56 Å². The van der Waals surface area contributed by atoms with Crippen molar-refractivity contribution in [2.75, 3.05) is 39.3 Å². The molecule has 0 bridgehead atoms. The van der Waals surface area contributed by atoms with Crippen LogP contribution >= 0.6 is 0 Å². The van der Waals surface area contributed by atoms with Gasteiger partial charge in [0.05, 0.1) is 12.0 Å². The van der Waals surface area contributed by atoms with E-state index in [4.69, 9.17) is 0 Å². The minimum absolute atomic E-state index is 0.155. The van der Waals surface area contributed by atoms with Crippen LogP contribution in [0.15, 0.2) is 30.3 Å². The second kappa shape index (κ2) is 7.39. The van der Waals surface area contributed by atoms with E-state index < -0.39 is 0 Å². The van der Waals surface area contributed by atoms with Crippen molar-refractivity contribution in [3.05, 3.63) is 35.9 Å². The van der Waals surface area contributed by atoms with Gasteiger partial charge in [-0.15, -0.1) is 0 Å². The summed E-state index contributed by atoms with van der Waals surface area (Å²) >= 11 is 0. The lowest BCUT2D eigenvalue weighted by atomic mass is 9.79. The van der Waals surface area contributed by atoms with Crippen molar-refractivity contribution >= 4 is 11.8 Å². The van der Waals surface area contributed by atoms with E-state index in [9.17, 15) is 9.59 Å². The van der Waals surface area contributed by atoms with Gasteiger partial charge in [-0.25, -0.2) is 0 Å². The molecule has 2 amide bonds. The maximum Gasteiger partial charge on any atom is 0.236 e. The fraction of sp³-hybridized carbons (Fsp3) is 0.619. The number of nitrogens with zero attached hydrogens (tertiary/aromatic N) is 2. The number of carbonyl (C=O) groups excluding carboxylic acids is 2. The molecule has 140 valence electrons. The van der Waals surface area contributed by atoms with E-state index in [1.807, 2.05) is 4.90 Å². The summed E-state index contributed by atoms with van der Waals surface area (Å²) < 4.78 is 0. The van der Waals surface area contributed by atoms with Crippen LogP contribution in [0.4, 0.5) is 0 Å². The number of benzene rings is 1. The lowest BCUT2D eigenvalue weighted by Gasteiger charge is -2.34. The van der Waals surface area contributed by atoms with Crippen LogP contribution in [-0.4, -0.2) is 60.9 Å². The molecule has 3 aliphatic heterocycles. The molecule has 0 aromatic heterocycles. The molecule has 1 N–H and O–H groups in total. The lowest BCUT2D eigenvalue weighted by Crippen LogP contribution is -2.49. The molecule has 0 saturated carbocycles. The number of nitrogens with one attached hydrogen (secondary N) is 1. The highest BCUT2D eigenvalue weighted by molar-refractivity contribution is 5.86. The summed E-state index contributed by atoms with van der Waals surface area (Å²) in [5.41, 5.74) is 1.11. The van der Waals surface area contributed by atoms with Gasteiger partial charge in [0.1, 0.15) is 0 Å². The van der Waals surface area contributed by atoms with Crippen LogP contribution in [0, 0.1) is 5.41 Å². The van der Waals surface area contributed by atoms with Gasteiger partial charge in [-0.1, -0.05) is 30.3 Å². The largest absolute Gasteiger partial charge is 0.356 e. The van der Waals surface area contributed by atoms with Crippen molar-refractivity contribution in [3.8, 4) is 0 Å². The third-order valence-electron chi connectivity index (χ3n) is 6.52. The highest BCUT2D eigenvalue weighted by Gasteiger charge is 2.46. The Morgan fingerprint density at radius 2 is 1.88 bits per heavy atom. The number of rotatable bonds is 3. The Morgan fingerprint density at radius 1 is 1.12 bits per heavy atom. The quantitative estimate of drug-likeness (QED) is 0.902. The third kappa shape index (κ3) is 3.50. The Kier molecular flexibility index (Phi) is 4.98. The summed E-state index contributed by atoms with van der Waals surface area (Å²) in [6, 6.07) is 10.7. The van der Waals surface area contributed by atoms with Gasteiger partial charge in [0, 0.05) is 19.6 Å². The molecule has 5 heteroatoms. The lowest BCUT2D eigenvalue weighted by molar-refractivity contribution is -0.135. The summed E-state index contributed by atoms with van der Waals surface area (Å²) in [6.07, 6.45) is 5.00. The Bertz CT molecular complexity index is 654. The Morgan fingerprint density at radius 3 is 2.62 bits per heavy atom. The molecule has 0 radical (unpaired) electrons. The first-order chi connectivity index (χ1) is 12.7. The highest BCUT2D eigenvalue weighted by Crippen LogP contribution is 2.37. The molecule has 1 aromatic rings. The Labute approximate surface area is 155 Å². The van der Waals surface area contributed by atoms with Gasteiger partial charge in [0.15, 0.2) is 0 Å². The second-order valence-corrected chi connectivity index (χ2v) is 8.17. The standard InChI is InChI=1S/C21H29N3O2/c25-19(24-14-10-21(16-24)9-4-11-22-20(21)26)15-23-12-7-18(8-13-23)17-5-2-1-3-6-17/h1-3,5-6,18H,4,7-16H2,(H,22,26)/t21-/m0/s1. The number of hydrogen-bond acceptors (Lipinski definition) is 3. The van der Waals surface area contributed by atoms with E-state index >= 15 is 0 Å². The van der Waals surface area contributed by atoms with Crippen molar-refractivity contribution in [1.29, 1.82) is 0 Å². The Hall–Kier alpha value is -1.88. The second-order valence-electron chi connectivity index (χ2n) is 8.17. The first-order valence-electron chi connectivity index (χ1n) is 10.00. The first-order valence-corrected chi connectivity index (χ1v) is 10.00. The molecular weight excluding hydrogens is 326 g/mol. The van der Waals surface area contributed by atoms with Crippen LogP contribution in [-0.2, 0) is 9.59 Å². The van der Waals surface area contributed by atoms with Gasteiger partial charge in [0.2, 0.25) is 11.8 Å². The molecule has 4 rings (SSSR count). The Balaban J connectivity index is 1.28. The summed E-state index contributed by atoms with van der Waals surface area (Å²) in [7, 11) is 0. The average molecular weight is 355 g/mol. The van der Waals surface area contributed by atoms with Crippen molar-refractivity contribution in [3.63, 3.8) is 0 Å². The van der Waals surface area contributed by atoms with E-state index in [-0.39, 0.29) is 17.2 Å². The van der Waals surface area contributed by atoms with Gasteiger partial charge in [-0.2, -0.15) is 0 Å². The summed E-state index contributed by atoms with van der Waals surface area (Å²) in [5.74, 6) is 0.963. The molecule has 3 heterocycles. The first kappa shape index (κ1) is 17.5. The van der Waals surface area contributed by atoms with Gasteiger partial charge in [-0.05, 0) is 56.7 Å². The zero-order chi connectivity index (χ0) is 18.0. The molecule has 0 aliphatic carbocycles. The molecule has 1 aromatic carbocycles. The van der Waals surface area contributed by atoms with E-state index in [1.54, 1.807) is 0 Å². The minimum Gasteiger partial charge on any atom is -0.356 e.